The second kappa shape index (κ2) is 22.3. The highest BCUT2D eigenvalue weighted by molar-refractivity contribution is 6.47. The lowest BCUT2D eigenvalue weighted by atomic mass is 10.0. The first-order valence-electron chi connectivity index (χ1n) is 16.2. The molecule has 0 spiro atoms. The van der Waals surface area contributed by atoms with Gasteiger partial charge in [-0.05, 0) is 61.7 Å². The molecule has 2 rings (SSSR count). The minimum atomic E-state index is 0.793. The lowest BCUT2D eigenvalue weighted by molar-refractivity contribution is 0.550. The number of benzene rings is 2. The van der Waals surface area contributed by atoms with Crippen LogP contribution in [0.5, 0.6) is 0 Å². The Bertz CT molecular complexity index is 1220. The molecular formula is C39H52N2. The molecule has 0 aromatic heterocycles. The van der Waals surface area contributed by atoms with Gasteiger partial charge >= 0.3 is 0 Å². The first-order valence-corrected chi connectivity index (χ1v) is 16.2. The van der Waals surface area contributed by atoms with E-state index in [1.165, 1.54) is 70.6 Å². The van der Waals surface area contributed by atoms with E-state index in [2.05, 4.69) is 75.7 Å². The van der Waals surface area contributed by atoms with E-state index in [0.717, 1.165) is 59.6 Å². The molecule has 2 aromatic rings. The summed E-state index contributed by atoms with van der Waals surface area (Å²) in [6.07, 6.45) is 23.0. The molecule has 0 aliphatic rings. The zero-order valence-electron chi connectivity index (χ0n) is 26.3. The van der Waals surface area contributed by atoms with E-state index in [9.17, 15) is 0 Å². The normalized spacial score (nSPS) is 11.7. The first kappa shape index (κ1) is 33.8. The Labute approximate surface area is 251 Å². The number of aliphatic imine (C=N–C) groups is 2. The monoisotopic (exact) mass is 548 g/mol. The van der Waals surface area contributed by atoms with Gasteiger partial charge in [0.15, 0.2) is 0 Å². The van der Waals surface area contributed by atoms with Crippen LogP contribution in [-0.2, 0) is 0 Å². The van der Waals surface area contributed by atoms with Gasteiger partial charge in [0.1, 0.15) is 0 Å². The number of unbranched alkanes of at least 4 members (excludes halogenated alkanes) is 11. The zero-order valence-corrected chi connectivity index (χ0v) is 26.3. The van der Waals surface area contributed by atoms with Crippen LogP contribution in [0.15, 0.2) is 70.7 Å². The highest BCUT2D eigenvalue weighted by Gasteiger charge is 2.06. The summed E-state index contributed by atoms with van der Waals surface area (Å²) in [5.74, 6) is 12.8. The van der Waals surface area contributed by atoms with Gasteiger partial charge in [0, 0.05) is 24.0 Å². The molecule has 0 saturated heterocycles. The number of rotatable bonds is 17. The predicted octanol–water partition coefficient (Wildman–Crippen LogP) is 11.7. The lowest BCUT2D eigenvalue weighted by Gasteiger charge is -2.07. The molecule has 2 aromatic carbocycles. The number of hydrogen-bond donors (Lipinski definition) is 0. The van der Waals surface area contributed by atoms with Crippen LogP contribution in [0.25, 0.3) is 0 Å². The van der Waals surface area contributed by atoms with Gasteiger partial charge in [-0.25, -0.2) is 4.99 Å². The van der Waals surface area contributed by atoms with Gasteiger partial charge in [-0.3, -0.25) is 4.99 Å². The summed E-state index contributed by atoms with van der Waals surface area (Å²) in [6, 6.07) is 16.4. The minimum Gasteiger partial charge on any atom is -0.251 e. The number of allylic oxidation sites excluding steroid dienone is 2. The van der Waals surface area contributed by atoms with E-state index in [0.29, 0.717) is 0 Å². The van der Waals surface area contributed by atoms with Crippen LogP contribution in [-0.4, -0.2) is 11.4 Å². The molecule has 0 amide bonds. The Balaban J connectivity index is 2.09. The van der Waals surface area contributed by atoms with E-state index in [1.807, 2.05) is 36.4 Å². The summed E-state index contributed by atoms with van der Waals surface area (Å²) < 4.78 is 0. The van der Waals surface area contributed by atoms with Crippen LogP contribution in [0.1, 0.15) is 135 Å². The van der Waals surface area contributed by atoms with Crippen molar-refractivity contribution in [2.45, 2.75) is 124 Å². The van der Waals surface area contributed by atoms with E-state index in [4.69, 9.17) is 9.98 Å². The molecule has 2 heteroatoms. The summed E-state index contributed by atoms with van der Waals surface area (Å²) in [7, 11) is 0. The fourth-order valence-corrected chi connectivity index (χ4v) is 4.62. The van der Waals surface area contributed by atoms with E-state index in [-0.39, 0.29) is 0 Å². The molecular weight excluding hydrogens is 496 g/mol. The third-order valence-electron chi connectivity index (χ3n) is 6.91. The standard InChI is InChI=1S/C39H52N2/c1-5-9-12-13-14-15-16-17-18-19-20-21-22-31-39(41-37-30-24-28-35(33-37)26-11-7-3)38(8-4)40-36-29-23-27-34(32-36)25-10-6-2/h22-24,27-33H,5-9,12-21H2,1-4H3. The van der Waals surface area contributed by atoms with Crippen LogP contribution in [0, 0.1) is 23.7 Å². The van der Waals surface area contributed by atoms with Crippen molar-refractivity contribution in [2.24, 2.45) is 9.98 Å². The van der Waals surface area contributed by atoms with Crippen molar-refractivity contribution in [3.63, 3.8) is 0 Å². The average Bonchev–Trinajstić information content (AvgIpc) is 3.00. The van der Waals surface area contributed by atoms with Gasteiger partial charge < -0.3 is 0 Å². The van der Waals surface area contributed by atoms with Crippen molar-refractivity contribution in [2.75, 3.05) is 0 Å². The molecule has 0 radical (unpaired) electrons. The summed E-state index contributed by atoms with van der Waals surface area (Å²) in [4.78, 5) is 10.1. The van der Waals surface area contributed by atoms with Gasteiger partial charge in [0.2, 0.25) is 0 Å². The fraction of sp³-hybridized carbons (Fsp3) is 0.487. The van der Waals surface area contributed by atoms with E-state index in [1.54, 1.807) is 0 Å². The molecule has 0 N–H and O–H groups in total. The summed E-state index contributed by atoms with van der Waals surface area (Å²) in [6.45, 7) is 8.57. The fourth-order valence-electron chi connectivity index (χ4n) is 4.62. The molecule has 0 atom stereocenters. The Kier molecular flexibility index (Phi) is 18.4. The quantitative estimate of drug-likeness (QED) is 0.107. The van der Waals surface area contributed by atoms with Crippen LogP contribution in [0.3, 0.4) is 0 Å². The van der Waals surface area contributed by atoms with Crippen molar-refractivity contribution < 1.29 is 0 Å². The van der Waals surface area contributed by atoms with Crippen molar-refractivity contribution in [3.05, 3.63) is 71.8 Å². The Hall–Kier alpha value is -3.36. The van der Waals surface area contributed by atoms with Crippen LogP contribution in [0.2, 0.25) is 0 Å². The Morgan fingerprint density at radius 1 is 0.634 bits per heavy atom. The zero-order chi connectivity index (χ0) is 29.4. The maximum absolute atomic E-state index is 5.06. The molecule has 0 aliphatic carbocycles. The highest BCUT2D eigenvalue weighted by Crippen LogP contribution is 2.19. The Morgan fingerprint density at radius 3 is 1.66 bits per heavy atom. The summed E-state index contributed by atoms with van der Waals surface area (Å²) in [5, 5.41) is 0. The highest BCUT2D eigenvalue weighted by atomic mass is 14.8. The third-order valence-corrected chi connectivity index (χ3v) is 6.91. The second-order valence-corrected chi connectivity index (χ2v) is 10.5. The topological polar surface area (TPSA) is 24.7 Å². The minimum absolute atomic E-state index is 0.793. The average molecular weight is 549 g/mol. The van der Waals surface area contributed by atoms with Crippen molar-refractivity contribution in [1.82, 2.24) is 0 Å². The van der Waals surface area contributed by atoms with E-state index < -0.39 is 0 Å². The van der Waals surface area contributed by atoms with Crippen molar-refractivity contribution >= 4 is 22.8 Å². The van der Waals surface area contributed by atoms with Crippen molar-refractivity contribution in [1.29, 1.82) is 0 Å². The first-order chi connectivity index (χ1) is 20.2. The Morgan fingerprint density at radius 2 is 1.15 bits per heavy atom. The van der Waals surface area contributed by atoms with Crippen LogP contribution >= 0.6 is 0 Å². The van der Waals surface area contributed by atoms with Crippen molar-refractivity contribution in [3.8, 4) is 23.7 Å². The van der Waals surface area contributed by atoms with Gasteiger partial charge in [0.05, 0.1) is 22.8 Å². The molecule has 218 valence electrons. The molecule has 0 saturated carbocycles. The maximum atomic E-state index is 5.06. The van der Waals surface area contributed by atoms with Crippen LogP contribution in [0.4, 0.5) is 11.4 Å². The molecule has 0 unspecified atom stereocenters. The lowest BCUT2D eigenvalue weighted by Crippen LogP contribution is -2.10. The van der Waals surface area contributed by atoms with Gasteiger partial charge in [-0.1, -0.05) is 134 Å². The third kappa shape index (κ3) is 15.3. The van der Waals surface area contributed by atoms with E-state index >= 15 is 0 Å². The largest absolute Gasteiger partial charge is 0.251 e. The molecule has 0 heterocycles. The van der Waals surface area contributed by atoms with Gasteiger partial charge in [-0.2, -0.15) is 0 Å². The maximum Gasteiger partial charge on any atom is 0.0848 e. The molecule has 0 aliphatic heterocycles. The van der Waals surface area contributed by atoms with Crippen LogP contribution < -0.4 is 0 Å². The summed E-state index contributed by atoms with van der Waals surface area (Å²) in [5.41, 5.74) is 5.71. The molecule has 2 nitrogen and oxygen atoms in total. The molecule has 41 heavy (non-hydrogen) atoms. The smallest absolute Gasteiger partial charge is 0.0848 e. The SMILES string of the molecule is CCC#Cc1cccc(N=C(C=CCCCCCCCCCCCCC)C(CC)=Nc2cccc(C#CCC)c2)c1. The molecule has 0 bridgehead atoms. The molecule has 0 fully saturated rings. The summed E-state index contributed by atoms with van der Waals surface area (Å²) >= 11 is 0. The van der Waals surface area contributed by atoms with Gasteiger partial charge in [-0.15, -0.1) is 0 Å². The van der Waals surface area contributed by atoms with Gasteiger partial charge in [0.25, 0.3) is 0 Å². The number of nitrogens with zero attached hydrogens (tertiary/aromatic N) is 2. The second-order valence-electron chi connectivity index (χ2n) is 10.5. The number of hydrogen-bond acceptors (Lipinski definition) is 2. The predicted molar refractivity (Wildman–Crippen MR) is 182 cm³/mol.